The molecule has 0 spiro atoms. The van der Waals surface area contributed by atoms with Gasteiger partial charge in [-0.3, -0.25) is 9.59 Å². The summed E-state index contributed by atoms with van der Waals surface area (Å²) in [5, 5.41) is 0. The van der Waals surface area contributed by atoms with E-state index in [1.165, 1.54) is 25.7 Å². The molecule has 0 fully saturated rings. The first kappa shape index (κ1) is 20.9. The molecule has 0 aromatic heterocycles. The largest absolute Gasteiger partial charge is 0.466 e. The smallest absolute Gasteiger partial charge is 0.305 e. The van der Waals surface area contributed by atoms with Gasteiger partial charge in [0.05, 0.1) is 13.2 Å². The molecule has 0 aliphatic rings. The number of carbonyl (C=O) groups is 2. The van der Waals surface area contributed by atoms with E-state index < -0.39 is 0 Å². The second kappa shape index (κ2) is 16.3. The minimum Gasteiger partial charge on any atom is -0.466 e. The van der Waals surface area contributed by atoms with Crippen LogP contribution >= 0.6 is 0 Å². The Morgan fingerprint density at radius 1 is 0.591 bits per heavy atom. The Morgan fingerprint density at radius 3 is 1.55 bits per heavy atom. The van der Waals surface area contributed by atoms with Crippen LogP contribution in [0.1, 0.15) is 90.9 Å². The lowest BCUT2D eigenvalue weighted by molar-refractivity contribution is -0.145. The van der Waals surface area contributed by atoms with Gasteiger partial charge in [0.2, 0.25) is 0 Å². The van der Waals surface area contributed by atoms with Crippen molar-refractivity contribution in [1.29, 1.82) is 0 Å². The van der Waals surface area contributed by atoms with Gasteiger partial charge in [-0.05, 0) is 19.3 Å². The number of esters is 2. The molecule has 0 N–H and O–H groups in total. The third kappa shape index (κ3) is 15.3. The van der Waals surface area contributed by atoms with Gasteiger partial charge in [-0.2, -0.15) is 0 Å². The molecule has 0 aromatic carbocycles. The lowest BCUT2D eigenvalue weighted by atomic mass is 10.1. The van der Waals surface area contributed by atoms with Crippen LogP contribution in [-0.2, 0) is 19.1 Å². The summed E-state index contributed by atoms with van der Waals surface area (Å²) in [6, 6.07) is 0. The molecule has 0 amide bonds. The molecule has 0 aliphatic heterocycles. The van der Waals surface area contributed by atoms with Crippen molar-refractivity contribution in [2.24, 2.45) is 0 Å². The average Bonchev–Trinajstić information content (AvgIpc) is 2.51. The van der Waals surface area contributed by atoms with E-state index in [1.54, 1.807) is 0 Å². The van der Waals surface area contributed by atoms with Gasteiger partial charge < -0.3 is 9.47 Å². The summed E-state index contributed by atoms with van der Waals surface area (Å²) in [7, 11) is 0. The van der Waals surface area contributed by atoms with E-state index in [2.05, 4.69) is 13.8 Å². The molecular weight excluding hydrogens is 280 g/mol. The first-order valence-electron chi connectivity index (χ1n) is 9.02. The maximum atomic E-state index is 11.5. The van der Waals surface area contributed by atoms with Crippen LogP contribution in [0, 0.1) is 0 Å². The van der Waals surface area contributed by atoms with E-state index >= 15 is 0 Å². The molecule has 0 bridgehead atoms. The monoisotopic (exact) mass is 314 g/mol. The number of hydrogen-bond donors (Lipinski definition) is 0. The van der Waals surface area contributed by atoms with E-state index in [1.807, 2.05) is 0 Å². The molecule has 0 aromatic rings. The van der Waals surface area contributed by atoms with E-state index in [0.717, 1.165) is 32.1 Å². The van der Waals surface area contributed by atoms with Crippen LogP contribution in [-0.4, -0.2) is 25.2 Å². The topological polar surface area (TPSA) is 52.6 Å². The van der Waals surface area contributed by atoms with Gasteiger partial charge in [0.15, 0.2) is 0 Å². The summed E-state index contributed by atoms with van der Waals surface area (Å²) in [6.45, 7) is 5.31. The molecule has 0 heterocycles. The molecule has 22 heavy (non-hydrogen) atoms. The fourth-order valence-electron chi connectivity index (χ4n) is 2.13. The lowest BCUT2D eigenvalue weighted by Crippen LogP contribution is -2.09. The molecule has 4 heteroatoms. The molecule has 0 radical (unpaired) electrons. The molecule has 0 saturated heterocycles. The van der Waals surface area contributed by atoms with Crippen molar-refractivity contribution in [1.82, 2.24) is 0 Å². The Kier molecular flexibility index (Phi) is 15.5. The number of carbonyl (C=O) groups excluding carboxylic acids is 2. The lowest BCUT2D eigenvalue weighted by Gasteiger charge is -2.06. The van der Waals surface area contributed by atoms with Crippen molar-refractivity contribution < 1.29 is 19.1 Å². The standard InChI is InChI=1S/C18H34O4/c1-3-5-7-8-9-11-16-22-18(20)14-12-13-17(19)21-15-10-6-4-2/h3-16H2,1-2H3. The number of unbranched alkanes of at least 4 members (excludes halogenated alkanes) is 7. The minimum atomic E-state index is -0.208. The number of rotatable bonds is 15. The highest BCUT2D eigenvalue weighted by Gasteiger charge is 2.07. The van der Waals surface area contributed by atoms with Crippen molar-refractivity contribution in [3.05, 3.63) is 0 Å². The first-order valence-corrected chi connectivity index (χ1v) is 9.02. The van der Waals surface area contributed by atoms with Gasteiger partial charge in [-0.1, -0.05) is 58.8 Å². The summed E-state index contributed by atoms with van der Waals surface area (Å²) >= 11 is 0. The third-order valence-corrected chi connectivity index (χ3v) is 3.53. The Labute approximate surface area is 135 Å². The summed E-state index contributed by atoms with van der Waals surface area (Å²) in [4.78, 5) is 22.9. The molecule has 0 rings (SSSR count). The van der Waals surface area contributed by atoms with Gasteiger partial charge in [-0.15, -0.1) is 0 Å². The normalized spacial score (nSPS) is 10.5. The van der Waals surface area contributed by atoms with Gasteiger partial charge >= 0.3 is 11.9 Å². The number of ether oxygens (including phenoxy) is 2. The Morgan fingerprint density at radius 2 is 1.00 bits per heavy atom. The summed E-state index contributed by atoms with van der Waals surface area (Å²) in [5.41, 5.74) is 0. The van der Waals surface area contributed by atoms with Crippen molar-refractivity contribution in [2.75, 3.05) is 13.2 Å². The molecule has 4 nitrogen and oxygen atoms in total. The van der Waals surface area contributed by atoms with E-state index in [9.17, 15) is 9.59 Å². The Balaban J connectivity index is 3.33. The van der Waals surface area contributed by atoms with Crippen LogP contribution in [0.25, 0.3) is 0 Å². The van der Waals surface area contributed by atoms with E-state index in [-0.39, 0.29) is 11.9 Å². The minimum absolute atomic E-state index is 0.202. The molecule has 0 saturated carbocycles. The first-order chi connectivity index (χ1) is 10.7. The van der Waals surface area contributed by atoms with Crippen molar-refractivity contribution in [3.8, 4) is 0 Å². The van der Waals surface area contributed by atoms with Crippen LogP contribution in [0.2, 0.25) is 0 Å². The average molecular weight is 314 g/mol. The highest BCUT2D eigenvalue weighted by atomic mass is 16.5. The van der Waals surface area contributed by atoms with Crippen LogP contribution in [0.3, 0.4) is 0 Å². The maximum absolute atomic E-state index is 11.5. The molecule has 0 atom stereocenters. The molecular formula is C18H34O4. The molecule has 130 valence electrons. The zero-order valence-corrected chi connectivity index (χ0v) is 14.5. The fraction of sp³-hybridized carbons (Fsp3) is 0.889. The van der Waals surface area contributed by atoms with Crippen molar-refractivity contribution in [2.45, 2.75) is 90.9 Å². The second-order valence-electron chi connectivity index (χ2n) is 5.77. The quantitative estimate of drug-likeness (QED) is 0.322. The van der Waals surface area contributed by atoms with Gasteiger partial charge in [0.25, 0.3) is 0 Å². The zero-order valence-electron chi connectivity index (χ0n) is 14.5. The highest BCUT2D eigenvalue weighted by Crippen LogP contribution is 2.06. The summed E-state index contributed by atoms with van der Waals surface area (Å²) in [5.74, 6) is -0.410. The van der Waals surface area contributed by atoms with Crippen LogP contribution in [0.15, 0.2) is 0 Å². The van der Waals surface area contributed by atoms with Gasteiger partial charge in [-0.25, -0.2) is 0 Å². The van der Waals surface area contributed by atoms with Crippen LogP contribution in [0.4, 0.5) is 0 Å². The maximum Gasteiger partial charge on any atom is 0.305 e. The van der Waals surface area contributed by atoms with Gasteiger partial charge in [0.1, 0.15) is 0 Å². The Hall–Kier alpha value is -1.06. The number of hydrogen-bond acceptors (Lipinski definition) is 4. The second-order valence-corrected chi connectivity index (χ2v) is 5.77. The third-order valence-electron chi connectivity index (χ3n) is 3.53. The van der Waals surface area contributed by atoms with Crippen LogP contribution < -0.4 is 0 Å². The zero-order chi connectivity index (χ0) is 16.5. The predicted octanol–water partition coefficient (Wildman–Crippen LogP) is 4.79. The Bertz CT molecular complexity index is 276. The van der Waals surface area contributed by atoms with Crippen LogP contribution in [0.5, 0.6) is 0 Å². The van der Waals surface area contributed by atoms with Crippen molar-refractivity contribution in [3.63, 3.8) is 0 Å². The van der Waals surface area contributed by atoms with Gasteiger partial charge in [0, 0.05) is 12.8 Å². The van der Waals surface area contributed by atoms with E-state index in [0.29, 0.717) is 32.5 Å². The van der Waals surface area contributed by atoms with E-state index in [4.69, 9.17) is 9.47 Å². The predicted molar refractivity (Wildman–Crippen MR) is 88.7 cm³/mol. The SMILES string of the molecule is CCCCCCCCOC(=O)CCCC(=O)OCCCCC. The molecule has 0 unspecified atom stereocenters. The molecule has 0 aliphatic carbocycles. The highest BCUT2D eigenvalue weighted by molar-refractivity contribution is 5.72. The summed E-state index contributed by atoms with van der Waals surface area (Å²) in [6.07, 6.45) is 11.3. The summed E-state index contributed by atoms with van der Waals surface area (Å²) < 4.78 is 10.2. The van der Waals surface area contributed by atoms with Crippen molar-refractivity contribution >= 4 is 11.9 Å². The fourth-order valence-corrected chi connectivity index (χ4v) is 2.13.